The minimum Gasteiger partial charge on any atom is -0.313 e. The van der Waals surface area contributed by atoms with Crippen molar-refractivity contribution < 1.29 is 4.39 Å². The van der Waals surface area contributed by atoms with Gasteiger partial charge in [0.25, 0.3) is 0 Å². The van der Waals surface area contributed by atoms with Gasteiger partial charge in [0.15, 0.2) is 0 Å². The van der Waals surface area contributed by atoms with E-state index >= 15 is 0 Å². The van der Waals surface area contributed by atoms with Gasteiger partial charge in [-0.25, -0.2) is 4.39 Å². The normalized spacial score (nSPS) is 27.1. The molecule has 1 saturated carbocycles. The number of hydrogen-bond acceptors (Lipinski definition) is 2. The minimum absolute atomic E-state index is 0.0366. The summed E-state index contributed by atoms with van der Waals surface area (Å²) in [6.45, 7) is 4.78. The van der Waals surface area contributed by atoms with E-state index in [9.17, 15) is 4.39 Å². The van der Waals surface area contributed by atoms with Gasteiger partial charge in [-0.3, -0.25) is 0 Å². The summed E-state index contributed by atoms with van der Waals surface area (Å²) in [5, 5.41) is 3.64. The molecule has 0 amide bonds. The molecule has 1 aromatic carbocycles. The van der Waals surface area contributed by atoms with Crippen LogP contribution in [0.1, 0.15) is 50.0 Å². The molecule has 2 nitrogen and oxygen atoms in total. The summed E-state index contributed by atoms with van der Waals surface area (Å²) in [7, 11) is 0. The van der Waals surface area contributed by atoms with Crippen LogP contribution in [0.3, 0.4) is 0 Å². The van der Waals surface area contributed by atoms with Crippen molar-refractivity contribution in [2.24, 2.45) is 0 Å². The number of halogens is 1. The van der Waals surface area contributed by atoms with Crippen molar-refractivity contribution >= 4 is 0 Å². The lowest BCUT2D eigenvalue weighted by Gasteiger charge is -2.37. The van der Waals surface area contributed by atoms with Crippen LogP contribution in [0, 0.1) is 5.82 Å². The number of hydrogen-bond donors (Lipinski definition) is 1. The molecular formula is C18H27FN2. The van der Waals surface area contributed by atoms with Crippen LogP contribution in [0.2, 0.25) is 0 Å². The summed E-state index contributed by atoms with van der Waals surface area (Å²) in [5.74, 6) is 0.382. The van der Waals surface area contributed by atoms with Crippen LogP contribution in [0.4, 0.5) is 4.39 Å². The third-order valence-electron chi connectivity index (χ3n) is 5.04. The van der Waals surface area contributed by atoms with Gasteiger partial charge in [-0.2, -0.15) is 0 Å². The fourth-order valence-corrected chi connectivity index (χ4v) is 3.63. The Kier molecular flexibility index (Phi) is 5.26. The Morgan fingerprint density at radius 3 is 2.48 bits per heavy atom. The summed E-state index contributed by atoms with van der Waals surface area (Å²) in [4.78, 5) is 2.59. The summed E-state index contributed by atoms with van der Waals surface area (Å²) < 4.78 is 13.7. The van der Waals surface area contributed by atoms with Crippen molar-refractivity contribution in [1.29, 1.82) is 0 Å². The average Bonchev–Trinajstić information content (AvgIpc) is 2.71. The van der Waals surface area contributed by atoms with Gasteiger partial charge in [-0.05, 0) is 56.3 Å². The number of likely N-dealkylation sites (tertiary alicyclic amines) is 1. The average molecular weight is 290 g/mol. The zero-order valence-corrected chi connectivity index (χ0v) is 12.9. The Bertz CT molecular complexity index is 435. The van der Waals surface area contributed by atoms with Gasteiger partial charge in [-0.1, -0.05) is 31.0 Å². The van der Waals surface area contributed by atoms with Crippen LogP contribution >= 0.6 is 0 Å². The van der Waals surface area contributed by atoms with E-state index in [4.69, 9.17) is 0 Å². The van der Waals surface area contributed by atoms with Gasteiger partial charge < -0.3 is 10.2 Å². The Balaban J connectivity index is 1.35. The summed E-state index contributed by atoms with van der Waals surface area (Å²) >= 11 is 0. The van der Waals surface area contributed by atoms with Gasteiger partial charge in [-0.15, -0.1) is 0 Å². The van der Waals surface area contributed by atoms with Crippen molar-refractivity contribution in [3.05, 3.63) is 35.6 Å². The first kappa shape index (κ1) is 15.0. The predicted octanol–water partition coefficient (Wildman–Crippen LogP) is 3.54. The lowest BCUT2D eigenvalue weighted by atomic mass is 9.75. The second-order valence-electron chi connectivity index (χ2n) is 6.60. The SMILES string of the molecule is Fc1ccccc1C1CC(NCCN2CCCCCC2)C1. The number of nitrogens with one attached hydrogen (secondary N) is 1. The fraction of sp³-hybridized carbons (Fsp3) is 0.667. The quantitative estimate of drug-likeness (QED) is 0.892. The number of benzene rings is 1. The molecule has 1 aliphatic carbocycles. The molecule has 0 radical (unpaired) electrons. The highest BCUT2D eigenvalue weighted by atomic mass is 19.1. The molecule has 0 atom stereocenters. The summed E-state index contributed by atoms with van der Waals surface area (Å²) in [6, 6.07) is 7.82. The molecular weight excluding hydrogens is 263 g/mol. The topological polar surface area (TPSA) is 15.3 Å². The van der Waals surface area contributed by atoms with E-state index in [2.05, 4.69) is 10.2 Å². The maximum atomic E-state index is 13.7. The van der Waals surface area contributed by atoms with Crippen LogP contribution in [-0.2, 0) is 0 Å². The van der Waals surface area contributed by atoms with Crippen molar-refractivity contribution in [3.8, 4) is 0 Å². The van der Waals surface area contributed by atoms with E-state index < -0.39 is 0 Å². The minimum atomic E-state index is -0.0366. The van der Waals surface area contributed by atoms with E-state index in [1.165, 1.54) is 45.3 Å². The van der Waals surface area contributed by atoms with Gasteiger partial charge >= 0.3 is 0 Å². The summed E-state index contributed by atoms with van der Waals surface area (Å²) in [6.07, 6.45) is 7.69. The van der Waals surface area contributed by atoms with Crippen LogP contribution in [0.25, 0.3) is 0 Å². The van der Waals surface area contributed by atoms with Gasteiger partial charge in [0.2, 0.25) is 0 Å². The second-order valence-corrected chi connectivity index (χ2v) is 6.60. The lowest BCUT2D eigenvalue weighted by Crippen LogP contribution is -2.43. The highest BCUT2D eigenvalue weighted by Crippen LogP contribution is 2.37. The molecule has 21 heavy (non-hydrogen) atoms. The molecule has 1 aliphatic heterocycles. The van der Waals surface area contributed by atoms with Crippen molar-refractivity contribution in [1.82, 2.24) is 10.2 Å². The molecule has 0 bridgehead atoms. The maximum absolute atomic E-state index is 13.7. The molecule has 3 rings (SSSR count). The molecule has 3 heteroatoms. The van der Waals surface area contributed by atoms with Crippen LogP contribution in [-0.4, -0.2) is 37.1 Å². The van der Waals surface area contributed by atoms with E-state index in [1.807, 2.05) is 12.1 Å². The third kappa shape index (κ3) is 4.04. The molecule has 1 N–H and O–H groups in total. The first-order valence-electron chi connectivity index (χ1n) is 8.53. The largest absolute Gasteiger partial charge is 0.313 e. The molecule has 1 heterocycles. The zero-order valence-electron chi connectivity index (χ0n) is 12.9. The Labute approximate surface area is 127 Å². The molecule has 0 spiro atoms. The van der Waals surface area contributed by atoms with Crippen molar-refractivity contribution in [2.75, 3.05) is 26.2 Å². The smallest absolute Gasteiger partial charge is 0.126 e. The lowest BCUT2D eigenvalue weighted by molar-refractivity contribution is 0.246. The Hall–Kier alpha value is -0.930. The van der Waals surface area contributed by atoms with Gasteiger partial charge in [0.05, 0.1) is 0 Å². The van der Waals surface area contributed by atoms with E-state index in [0.717, 1.165) is 24.9 Å². The maximum Gasteiger partial charge on any atom is 0.126 e. The Morgan fingerprint density at radius 2 is 1.76 bits per heavy atom. The molecule has 116 valence electrons. The number of rotatable bonds is 5. The van der Waals surface area contributed by atoms with Crippen molar-refractivity contribution in [3.63, 3.8) is 0 Å². The van der Waals surface area contributed by atoms with Crippen molar-refractivity contribution in [2.45, 2.75) is 50.5 Å². The fourth-order valence-electron chi connectivity index (χ4n) is 3.63. The molecule has 2 aliphatic rings. The van der Waals surface area contributed by atoms with Gasteiger partial charge in [0, 0.05) is 19.1 Å². The number of nitrogens with zero attached hydrogens (tertiary/aromatic N) is 1. The predicted molar refractivity (Wildman–Crippen MR) is 85.1 cm³/mol. The molecule has 2 fully saturated rings. The first-order chi connectivity index (χ1) is 10.3. The highest BCUT2D eigenvalue weighted by molar-refractivity contribution is 5.24. The standard InChI is InChI=1S/C18H27FN2/c19-18-8-4-3-7-17(18)15-13-16(14-15)20-9-12-21-10-5-1-2-6-11-21/h3-4,7-8,15-16,20H,1-2,5-6,9-14H2. The second kappa shape index (κ2) is 7.37. The first-order valence-corrected chi connectivity index (χ1v) is 8.53. The molecule has 0 unspecified atom stereocenters. The zero-order chi connectivity index (χ0) is 14.5. The van der Waals surface area contributed by atoms with Crippen LogP contribution in [0.15, 0.2) is 24.3 Å². The molecule has 0 aromatic heterocycles. The molecule has 1 aromatic rings. The van der Waals surface area contributed by atoms with E-state index in [0.29, 0.717) is 12.0 Å². The Morgan fingerprint density at radius 1 is 1.05 bits per heavy atom. The molecule has 1 saturated heterocycles. The monoisotopic (exact) mass is 290 g/mol. The van der Waals surface area contributed by atoms with Crippen LogP contribution < -0.4 is 5.32 Å². The highest BCUT2D eigenvalue weighted by Gasteiger charge is 2.31. The third-order valence-corrected chi connectivity index (χ3v) is 5.04. The summed E-state index contributed by atoms with van der Waals surface area (Å²) in [5.41, 5.74) is 0.906. The van der Waals surface area contributed by atoms with Crippen LogP contribution in [0.5, 0.6) is 0 Å². The van der Waals surface area contributed by atoms with E-state index in [1.54, 1.807) is 12.1 Å². The van der Waals surface area contributed by atoms with E-state index in [-0.39, 0.29) is 5.82 Å². The van der Waals surface area contributed by atoms with Gasteiger partial charge in [0.1, 0.15) is 5.82 Å².